The van der Waals surface area contributed by atoms with Crippen LogP contribution in [0, 0.1) is 36.4 Å². The van der Waals surface area contributed by atoms with Crippen LogP contribution in [0.5, 0.6) is 0 Å². The van der Waals surface area contributed by atoms with Crippen LogP contribution >= 0.6 is 56.7 Å². The van der Waals surface area contributed by atoms with Gasteiger partial charge in [0.05, 0.1) is 48.7 Å². The third-order valence-electron chi connectivity index (χ3n) is 24.8. The molecule has 0 aliphatic carbocycles. The van der Waals surface area contributed by atoms with E-state index in [1.54, 1.807) is 62.9 Å². The monoisotopic (exact) mass is 2740 g/mol. The van der Waals surface area contributed by atoms with Gasteiger partial charge in [0.15, 0.2) is 0 Å². The van der Waals surface area contributed by atoms with Gasteiger partial charge < -0.3 is 39.6 Å². The summed E-state index contributed by atoms with van der Waals surface area (Å²) in [5.41, 5.74) is 29.9. The van der Waals surface area contributed by atoms with Gasteiger partial charge in [-0.25, -0.2) is 31.3 Å². The van der Waals surface area contributed by atoms with Crippen LogP contribution in [-0.2, 0) is 117 Å². The number of fused-ring (bicyclic) bond motifs is 6. The second kappa shape index (κ2) is 46.7. The molecular formula is C127H109N11OPt4S5. The van der Waals surface area contributed by atoms with Crippen LogP contribution in [0.3, 0.4) is 0 Å². The molecule has 22 aromatic rings. The first-order valence-electron chi connectivity index (χ1n) is 48.3. The number of furan rings is 1. The van der Waals surface area contributed by atoms with Crippen LogP contribution in [0.15, 0.2) is 334 Å². The summed E-state index contributed by atoms with van der Waals surface area (Å²) in [7, 11) is 0. The topological polar surface area (TPSA) is 155 Å². The number of nitrogens with zero attached hydrogens (tertiary/aromatic N) is 11. The predicted octanol–water partition coefficient (Wildman–Crippen LogP) is 35.4. The van der Waals surface area contributed by atoms with Crippen LogP contribution in [-0.4, -0.2) is 49.9 Å². The number of para-hydroxylation sites is 9. The van der Waals surface area contributed by atoms with E-state index in [0.717, 1.165) is 178 Å². The molecule has 22 rings (SSSR count). The third kappa shape index (κ3) is 25.7. The molecule has 8 aromatic heterocycles. The van der Waals surface area contributed by atoms with Crippen molar-refractivity contribution in [3.05, 3.63) is 402 Å². The molecule has 0 aliphatic heterocycles. The van der Waals surface area contributed by atoms with Gasteiger partial charge in [-0.3, -0.25) is 0 Å². The van der Waals surface area contributed by atoms with Crippen molar-refractivity contribution in [1.82, 2.24) is 35.1 Å². The molecule has 21 heteroatoms. The van der Waals surface area contributed by atoms with Gasteiger partial charge in [0.25, 0.3) is 0 Å². The van der Waals surface area contributed by atoms with Crippen molar-refractivity contribution in [3.63, 3.8) is 0 Å². The van der Waals surface area contributed by atoms with Gasteiger partial charge in [0.2, 0.25) is 0 Å². The van der Waals surface area contributed by atoms with Crippen LogP contribution in [0.2, 0.25) is 0 Å². The minimum absolute atomic E-state index is 0. The van der Waals surface area contributed by atoms with Crippen molar-refractivity contribution in [2.24, 2.45) is 20.0 Å². The Morgan fingerprint density at radius 3 is 1.03 bits per heavy atom. The summed E-state index contributed by atoms with van der Waals surface area (Å²) in [5, 5.41) is 14.1. The van der Waals surface area contributed by atoms with E-state index in [2.05, 4.69) is 328 Å². The fourth-order valence-electron chi connectivity index (χ4n) is 16.6. The molecule has 148 heavy (non-hydrogen) atoms. The maximum atomic E-state index is 6.10. The fraction of sp³-hybridized carbons (Fsp3) is 0.189. The summed E-state index contributed by atoms with van der Waals surface area (Å²) in [5.74, 6) is 0.708. The van der Waals surface area contributed by atoms with Crippen LogP contribution in [0.1, 0.15) is 180 Å². The Bertz CT molecular complexity index is 7930. The molecule has 0 aliphatic rings. The van der Waals surface area contributed by atoms with E-state index < -0.39 is 0 Å². The minimum atomic E-state index is 0. The Hall–Kier alpha value is -11.9. The van der Waals surface area contributed by atoms with Gasteiger partial charge in [0.1, 0.15) is 20.0 Å². The molecular weight excluding hydrogens is 2640 g/mol. The van der Waals surface area contributed by atoms with E-state index in [1.807, 2.05) is 177 Å². The van der Waals surface area contributed by atoms with E-state index >= 15 is 0 Å². The Kier molecular flexibility index (Phi) is 34.8. The maximum Gasteiger partial charge on any atom is 2.00 e. The molecule has 12 nitrogen and oxygen atoms in total. The van der Waals surface area contributed by atoms with Gasteiger partial charge in [0, 0.05) is 54.7 Å². The zero-order valence-electron chi connectivity index (χ0n) is 85.4. The van der Waals surface area contributed by atoms with Crippen LogP contribution in [0.25, 0.3) is 148 Å². The van der Waals surface area contributed by atoms with E-state index in [0.29, 0.717) is 5.76 Å². The molecule has 0 fully saturated rings. The number of hydrogen-bond donors (Lipinski definition) is 0. The van der Waals surface area contributed by atoms with E-state index in [9.17, 15) is 0 Å². The molecule has 0 bridgehead atoms. The second-order valence-corrected chi connectivity index (χ2v) is 47.0. The molecule has 0 saturated carbocycles. The van der Waals surface area contributed by atoms with Crippen molar-refractivity contribution in [1.29, 1.82) is 0 Å². The molecule has 0 saturated heterocycles. The molecule has 748 valence electrons. The molecule has 0 unspecified atom stereocenters. The largest absolute Gasteiger partial charge is 2.00 e. The standard InChI is InChI=1S/C32H31N3S.C32H24N2OS.C32H24N2S2.C31H30N4S.4Pt/c1-31(2,3)22-17-21(18-23(19-22)32(4,5)6)20-34-27-13-8-7-11-25(27)30-35-29-24(26-14-10-16-33-26)12-9-15-28(29)36-30;1-32(2,3)23-12-8-10-21(18-23)20-33-26-15-6-5-13-24(26)31-34-30-25(14-9-17-29(30)36-31)28-19-22-11-4-7-16-27(22)35-28;1-32(2,3)23-12-8-10-21(18-23)20-33-26-15-6-5-13-24(26)31-34-30-25(14-9-17-28(30)36-31)29-19-22-11-4-7-16-27(22)35-29;1-30(2,3)21-16-20(17-22(18-21)31(4,5)6)19-32-25-12-8-7-10-24(25)29-34-28-23(26-14-15-33-35-26)11-9-13-27(28)36-29;;;;/h7-17,19-20H,1-6H3;2*4-9,11-18,20H,1-3H3;7-16,18-19H,1-6H3;;;;/q4*-2;4*+2. The van der Waals surface area contributed by atoms with Crippen molar-refractivity contribution in [2.45, 2.75) is 157 Å². The number of rotatable bonds is 16. The summed E-state index contributed by atoms with van der Waals surface area (Å²) >= 11 is 8.49. The number of thiazole rings is 4. The zero-order chi connectivity index (χ0) is 100. The van der Waals surface area contributed by atoms with Crippen molar-refractivity contribution < 1.29 is 88.7 Å². The Labute approximate surface area is 945 Å². The minimum Gasteiger partial charge on any atom is -0.664 e. The third-order valence-corrected chi connectivity index (χ3v) is 30.2. The Morgan fingerprint density at radius 1 is 0.291 bits per heavy atom. The molecule has 0 radical (unpaired) electrons. The van der Waals surface area contributed by atoms with Crippen molar-refractivity contribution >= 4 is 166 Å². The number of thiophene rings is 1. The summed E-state index contributed by atoms with van der Waals surface area (Å²) in [6.45, 7) is 40.1. The first-order chi connectivity index (χ1) is 69.1. The number of aromatic nitrogens is 7. The smallest absolute Gasteiger partial charge is 0.664 e. The SMILES string of the molecule is CC(C)(C)c1[c-]c(C=Nc2ccccc2-c2nc3c(-c4ccc[n-]4)cccc3s2)cc(C(C)(C)C)c1.CC(C)(C)c1[c-]c(C=Nc2ccccc2-c2nc3c(-c4ccn[n-]4)cccc3s2)cc(C(C)(C)C)c1.CC(C)(C)c1cc[c-]c(C=Nc2ccccc2-c2nc3c(-c4[c-]c5ccccc5o4)cccc3s2)c1.CC(C)(C)c1cc[c-]c(C=Nc2ccccc2-c2nc3c(-c4[c-]c5ccccc5s4)cccc3s2)c1.[Pt+2].[Pt+2].[Pt+2].[Pt+2]. The second-order valence-electron chi connectivity index (χ2n) is 41.9. The van der Waals surface area contributed by atoms with Gasteiger partial charge in [-0.1, -0.05) is 281 Å². The summed E-state index contributed by atoms with van der Waals surface area (Å²) in [6.07, 6.45) is 11.2. The molecule has 0 spiro atoms. The van der Waals surface area contributed by atoms with E-state index in [-0.39, 0.29) is 117 Å². The summed E-state index contributed by atoms with van der Waals surface area (Å²) < 4.78 is 11.9. The van der Waals surface area contributed by atoms with Gasteiger partial charge in [-0.05, 0) is 152 Å². The average molecular weight is 2750 g/mol. The average Bonchev–Trinajstić information content (AvgIpc) is 1.63. The number of aliphatic imine (C=N–C) groups is 4. The summed E-state index contributed by atoms with van der Waals surface area (Å²) in [4.78, 5) is 45.4. The molecule has 0 amide bonds. The molecule has 0 N–H and O–H groups in total. The fourth-order valence-corrected chi connectivity index (χ4v) is 21.8. The Morgan fingerprint density at radius 2 is 0.642 bits per heavy atom. The quantitative estimate of drug-likeness (QED) is 0.0684. The molecule has 0 atom stereocenters. The Balaban J connectivity index is 0.000000146. The van der Waals surface area contributed by atoms with Crippen molar-refractivity contribution in [3.8, 4) is 86.6 Å². The van der Waals surface area contributed by atoms with Crippen LogP contribution in [0.4, 0.5) is 22.7 Å². The zero-order valence-corrected chi connectivity index (χ0v) is 98.6. The summed E-state index contributed by atoms with van der Waals surface area (Å²) in [6, 6.07) is 122. The first kappa shape index (κ1) is 110. The first-order valence-corrected chi connectivity index (χ1v) is 52.4. The number of hydrogen-bond acceptors (Lipinski definition) is 15. The van der Waals surface area contributed by atoms with Gasteiger partial charge in [-0.2, -0.15) is 6.20 Å². The van der Waals surface area contributed by atoms with Gasteiger partial charge in [-0.15, -0.1) is 238 Å². The molecule has 8 heterocycles. The van der Waals surface area contributed by atoms with E-state index in [4.69, 9.17) is 44.3 Å². The van der Waals surface area contributed by atoms with Crippen LogP contribution < -0.4 is 10.1 Å². The normalized spacial score (nSPS) is 12.1. The maximum absolute atomic E-state index is 6.10. The van der Waals surface area contributed by atoms with Crippen molar-refractivity contribution in [2.75, 3.05) is 0 Å². The predicted molar refractivity (Wildman–Crippen MR) is 612 cm³/mol. The number of benzene rings is 14. The van der Waals surface area contributed by atoms with E-state index in [1.165, 1.54) is 42.8 Å². The van der Waals surface area contributed by atoms with Gasteiger partial charge >= 0.3 is 84.3 Å². The molecule has 14 aromatic carbocycles.